The van der Waals surface area contributed by atoms with Gasteiger partial charge in [0.15, 0.2) is 5.82 Å². The van der Waals surface area contributed by atoms with Crippen molar-refractivity contribution in [3.8, 4) is 0 Å². The number of hydrogen-bond acceptors (Lipinski definition) is 4. The molecular formula is C13H10Cl2N4O. The lowest BCUT2D eigenvalue weighted by Gasteiger charge is -2.12. The Hall–Kier alpha value is -2.11. The van der Waals surface area contributed by atoms with Gasteiger partial charge in [0.25, 0.3) is 0 Å². The van der Waals surface area contributed by atoms with Crippen LogP contribution in [0.5, 0.6) is 0 Å². The summed E-state index contributed by atoms with van der Waals surface area (Å²) in [6.07, 6.45) is 2.58. The van der Waals surface area contributed by atoms with Crippen molar-refractivity contribution in [3.63, 3.8) is 0 Å². The first-order valence-corrected chi connectivity index (χ1v) is 6.33. The minimum Gasteiger partial charge on any atom is -0.337 e. The van der Waals surface area contributed by atoms with Gasteiger partial charge in [-0.3, -0.25) is 4.79 Å². The Morgan fingerprint density at radius 3 is 2.65 bits per heavy atom. The number of anilines is 3. The molecule has 0 aliphatic rings. The molecule has 1 aromatic heterocycles. The number of carbonyl (C=O) groups excluding carboxylic acids is 1. The molecule has 0 spiro atoms. The van der Waals surface area contributed by atoms with Gasteiger partial charge in [-0.15, -0.1) is 0 Å². The molecule has 7 heteroatoms. The van der Waals surface area contributed by atoms with Crippen molar-refractivity contribution in [1.82, 2.24) is 9.97 Å². The van der Waals surface area contributed by atoms with Crippen molar-refractivity contribution < 1.29 is 4.79 Å². The molecule has 20 heavy (non-hydrogen) atoms. The highest BCUT2D eigenvalue weighted by Gasteiger charge is 2.08. The van der Waals surface area contributed by atoms with Gasteiger partial charge < -0.3 is 10.6 Å². The lowest BCUT2D eigenvalue weighted by Crippen LogP contribution is -2.09. The van der Waals surface area contributed by atoms with E-state index < -0.39 is 0 Å². The summed E-state index contributed by atoms with van der Waals surface area (Å²) in [7, 11) is 0. The molecule has 2 rings (SSSR count). The first kappa shape index (κ1) is 14.3. The predicted molar refractivity (Wildman–Crippen MR) is 80.6 cm³/mol. The third-order valence-electron chi connectivity index (χ3n) is 2.34. The van der Waals surface area contributed by atoms with Crippen LogP contribution in [0.25, 0.3) is 0 Å². The molecule has 1 heterocycles. The second kappa shape index (κ2) is 6.36. The number of nitrogens with zero attached hydrogens (tertiary/aromatic N) is 2. The monoisotopic (exact) mass is 308 g/mol. The van der Waals surface area contributed by atoms with Crippen LogP contribution >= 0.6 is 23.2 Å². The van der Waals surface area contributed by atoms with Gasteiger partial charge in [0.05, 0.1) is 17.6 Å². The van der Waals surface area contributed by atoms with E-state index in [1.807, 2.05) is 6.07 Å². The van der Waals surface area contributed by atoms with Crippen LogP contribution in [0.15, 0.2) is 43.1 Å². The second-order valence-electron chi connectivity index (χ2n) is 3.70. The summed E-state index contributed by atoms with van der Waals surface area (Å²) >= 11 is 11.7. The van der Waals surface area contributed by atoms with E-state index in [2.05, 4.69) is 27.2 Å². The fraction of sp³-hybridized carbons (Fsp3) is 0. The zero-order chi connectivity index (χ0) is 14.5. The van der Waals surface area contributed by atoms with Crippen molar-refractivity contribution in [3.05, 3.63) is 53.4 Å². The lowest BCUT2D eigenvalue weighted by atomic mass is 10.2. The van der Waals surface area contributed by atoms with Crippen LogP contribution in [0, 0.1) is 0 Å². The topological polar surface area (TPSA) is 66.9 Å². The second-order valence-corrected chi connectivity index (χ2v) is 4.44. The Morgan fingerprint density at radius 1 is 1.25 bits per heavy atom. The summed E-state index contributed by atoms with van der Waals surface area (Å²) in [6, 6.07) is 7.10. The van der Waals surface area contributed by atoms with Crippen LogP contribution in [0.2, 0.25) is 10.3 Å². The normalized spacial score (nSPS) is 9.90. The number of hydrogen-bond donors (Lipinski definition) is 2. The van der Waals surface area contributed by atoms with Gasteiger partial charge in [0, 0.05) is 0 Å². The fourth-order valence-electron chi connectivity index (χ4n) is 1.45. The van der Waals surface area contributed by atoms with Gasteiger partial charge >= 0.3 is 0 Å². The molecule has 102 valence electrons. The molecule has 0 bridgehead atoms. The Morgan fingerprint density at radius 2 is 1.95 bits per heavy atom. The van der Waals surface area contributed by atoms with Crippen molar-refractivity contribution in [1.29, 1.82) is 0 Å². The minimum absolute atomic E-state index is 0.0736. The molecular weight excluding hydrogens is 299 g/mol. The number of benzene rings is 1. The number of rotatable bonds is 4. The van der Waals surface area contributed by atoms with Gasteiger partial charge in [-0.05, 0) is 29.8 Å². The number of halogens is 2. The number of nitrogens with one attached hydrogen (secondary N) is 2. The van der Waals surface area contributed by atoms with Crippen LogP contribution in [0.1, 0.15) is 0 Å². The summed E-state index contributed by atoms with van der Waals surface area (Å²) in [5.41, 5.74) is 1.20. The van der Waals surface area contributed by atoms with Gasteiger partial charge in [0.1, 0.15) is 5.02 Å². The van der Waals surface area contributed by atoms with Crippen LogP contribution in [-0.4, -0.2) is 15.9 Å². The molecule has 5 nitrogen and oxygen atoms in total. The standard InChI is InChI=1S/C13H10Cl2N4O/c1-2-11(20)17-9-5-3-4-6-10(9)18-12-8(14)7-16-13(15)19-12/h2-7H,1H2,(H,17,20)(H,16,18,19). The summed E-state index contributed by atoms with van der Waals surface area (Å²) < 4.78 is 0. The van der Waals surface area contributed by atoms with E-state index in [0.717, 1.165) is 0 Å². The Balaban J connectivity index is 2.31. The molecule has 0 saturated heterocycles. The first-order chi connectivity index (χ1) is 9.60. The highest BCUT2D eigenvalue weighted by molar-refractivity contribution is 6.33. The average Bonchev–Trinajstić information content (AvgIpc) is 2.44. The molecule has 1 aromatic carbocycles. The van der Waals surface area contributed by atoms with Crippen LogP contribution in [0.3, 0.4) is 0 Å². The maximum absolute atomic E-state index is 11.4. The van der Waals surface area contributed by atoms with E-state index >= 15 is 0 Å². The van der Waals surface area contributed by atoms with Gasteiger partial charge in [-0.25, -0.2) is 4.98 Å². The number of amides is 1. The number of carbonyl (C=O) groups is 1. The van der Waals surface area contributed by atoms with E-state index in [-0.39, 0.29) is 11.2 Å². The molecule has 0 saturated carbocycles. The molecule has 0 atom stereocenters. The largest absolute Gasteiger partial charge is 0.337 e. The van der Waals surface area contributed by atoms with Crippen LogP contribution < -0.4 is 10.6 Å². The highest BCUT2D eigenvalue weighted by atomic mass is 35.5. The van der Waals surface area contributed by atoms with E-state index in [9.17, 15) is 4.79 Å². The third kappa shape index (κ3) is 3.46. The quantitative estimate of drug-likeness (QED) is 0.668. The number of para-hydroxylation sites is 2. The summed E-state index contributed by atoms with van der Waals surface area (Å²) in [5, 5.41) is 6.06. The zero-order valence-electron chi connectivity index (χ0n) is 10.2. The summed E-state index contributed by atoms with van der Waals surface area (Å²) in [5.74, 6) is 0.0398. The van der Waals surface area contributed by atoms with E-state index in [4.69, 9.17) is 23.2 Å². The first-order valence-electron chi connectivity index (χ1n) is 5.57. The van der Waals surface area contributed by atoms with Crippen LogP contribution in [-0.2, 0) is 4.79 Å². The molecule has 0 aliphatic carbocycles. The maximum Gasteiger partial charge on any atom is 0.247 e. The van der Waals surface area contributed by atoms with Crippen molar-refractivity contribution in [2.75, 3.05) is 10.6 Å². The molecule has 0 radical (unpaired) electrons. The minimum atomic E-state index is -0.314. The van der Waals surface area contributed by atoms with Crippen LogP contribution in [0.4, 0.5) is 17.2 Å². The SMILES string of the molecule is C=CC(=O)Nc1ccccc1Nc1nc(Cl)ncc1Cl. The summed E-state index contributed by atoms with van der Waals surface area (Å²) in [6.45, 7) is 3.40. The molecule has 0 unspecified atom stereocenters. The van der Waals surface area contributed by atoms with Crippen molar-refractivity contribution in [2.24, 2.45) is 0 Å². The van der Waals surface area contributed by atoms with Gasteiger partial charge in [0.2, 0.25) is 11.2 Å². The fourth-order valence-corrected chi connectivity index (χ4v) is 1.72. The Labute approximate surface area is 125 Å². The lowest BCUT2D eigenvalue weighted by molar-refractivity contribution is -0.111. The number of aromatic nitrogens is 2. The molecule has 0 aliphatic heterocycles. The van der Waals surface area contributed by atoms with Crippen molar-refractivity contribution >= 4 is 46.3 Å². The van der Waals surface area contributed by atoms with Crippen molar-refractivity contribution in [2.45, 2.75) is 0 Å². The Bertz CT molecular complexity index is 661. The maximum atomic E-state index is 11.4. The smallest absolute Gasteiger partial charge is 0.247 e. The molecule has 1 amide bonds. The zero-order valence-corrected chi connectivity index (χ0v) is 11.7. The third-order valence-corrected chi connectivity index (χ3v) is 2.80. The highest BCUT2D eigenvalue weighted by Crippen LogP contribution is 2.28. The van der Waals surface area contributed by atoms with E-state index in [1.54, 1.807) is 18.2 Å². The van der Waals surface area contributed by atoms with Gasteiger partial charge in [-0.2, -0.15) is 4.98 Å². The molecule has 0 fully saturated rings. The average molecular weight is 309 g/mol. The molecule has 2 aromatic rings. The van der Waals surface area contributed by atoms with E-state index in [0.29, 0.717) is 22.2 Å². The van der Waals surface area contributed by atoms with Gasteiger partial charge in [-0.1, -0.05) is 30.3 Å². The molecule has 2 N–H and O–H groups in total. The Kier molecular flexibility index (Phi) is 4.55. The predicted octanol–water partition coefficient (Wildman–Crippen LogP) is 3.65. The van der Waals surface area contributed by atoms with E-state index in [1.165, 1.54) is 12.3 Å². The summed E-state index contributed by atoms with van der Waals surface area (Å²) in [4.78, 5) is 19.1.